The normalized spacial score (nSPS) is 15.7. The molecule has 0 aliphatic carbocycles. The number of carboxylic acids is 2. The Labute approximate surface area is 131 Å². The van der Waals surface area contributed by atoms with E-state index in [0.717, 1.165) is 0 Å². The molecule has 0 aromatic heterocycles. The van der Waals surface area contributed by atoms with Crippen molar-refractivity contribution < 1.29 is 29.6 Å². The van der Waals surface area contributed by atoms with Crippen molar-refractivity contribution in [1.82, 2.24) is 0 Å². The van der Waals surface area contributed by atoms with E-state index >= 15 is 0 Å². The van der Waals surface area contributed by atoms with Gasteiger partial charge in [0.25, 0.3) is 0 Å². The van der Waals surface area contributed by atoms with Crippen LogP contribution in [0.5, 0.6) is 0 Å². The van der Waals surface area contributed by atoms with Gasteiger partial charge in [-0.3, -0.25) is 0 Å². The molecule has 1 aliphatic heterocycles. The Morgan fingerprint density at radius 2 is 1.52 bits per heavy atom. The second-order valence-corrected chi connectivity index (χ2v) is 5.44. The fraction of sp³-hybridized carbons (Fsp3) is 0.176. The van der Waals surface area contributed by atoms with Crippen molar-refractivity contribution in [2.45, 2.75) is 5.60 Å². The molecule has 23 heavy (non-hydrogen) atoms. The fourth-order valence-electron chi connectivity index (χ4n) is 2.61. The lowest BCUT2D eigenvalue weighted by molar-refractivity contribution is -0.184. The molecule has 0 unspecified atom stereocenters. The Morgan fingerprint density at radius 3 is 2.09 bits per heavy atom. The zero-order chi connectivity index (χ0) is 16.6. The fourth-order valence-corrected chi connectivity index (χ4v) is 2.61. The average Bonchev–Trinajstić information content (AvgIpc) is 2.51. The maximum atomic E-state index is 11.5. The Bertz CT molecular complexity index is 791. The highest BCUT2D eigenvalue weighted by Crippen LogP contribution is 2.35. The van der Waals surface area contributed by atoms with E-state index in [1.807, 2.05) is 0 Å². The third-order valence-corrected chi connectivity index (χ3v) is 3.92. The number of benzene rings is 2. The smallest absolute Gasteiger partial charge is 0.336 e. The molecular formula is C17H14O6. The highest BCUT2D eigenvalue weighted by atomic mass is 16.5. The molecule has 2 aromatic carbocycles. The predicted octanol–water partition coefficient (Wildman–Crippen LogP) is 1.97. The van der Waals surface area contributed by atoms with E-state index in [9.17, 15) is 24.9 Å². The molecule has 6 nitrogen and oxygen atoms in total. The number of rotatable bonds is 4. The van der Waals surface area contributed by atoms with E-state index in [0.29, 0.717) is 11.1 Å². The van der Waals surface area contributed by atoms with Crippen LogP contribution in [0.3, 0.4) is 0 Å². The Balaban J connectivity index is 2.22. The molecule has 1 saturated heterocycles. The molecule has 0 amide bonds. The summed E-state index contributed by atoms with van der Waals surface area (Å²) in [5.41, 5.74) is -0.125. The maximum absolute atomic E-state index is 11.5. The lowest BCUT2D eigenvalue weighted by Gasteiger charge is -2.37. The van der Waals surface area contributed by atoms with Crippen LogP contribution in [0.15, 0.2) is 42.5 Å². The van der Waals surface area contributed by atoms with Crippen molar-refractivity contribution >= 4 is 11.9 Å². The van der Waals surface area contributed by atoms with E-state index in [2.05, 4.69) is 0 Å². The molecule has 1 heterocycles. The van der Waals surface area contributed by atoms with Gasteiger partial charge in [0.2, 0.25) is 0 Å². The lowest BCUT2D eigenvalue weighted by Crippen LogP contribution is -2.46. The van der Waals surface area contributed by atoms with Crippen LogP contribution in [-0.4, -0.2) is 40.5 Å². The average molecular weight is 314 g/mol. The van der Waals surface area contributed by atoms with E-state index in [4.69, 9.17) is 4.74 Å². The molecule has 0 radical (unpaired) electrons. The number of hydrogen-bond acceptors (Lipinski definition) is 4. The van der Waals surface area contributed by atoms with E-state index in [1.165, 1.54) is 24.3 Å². The van der Waals surface area contributed by atoms with Gasteiger partial charge in [0, 0.05) is 0 Å². The van der Waals surface area contributed by atoms with Gasteiger partial charge in [0.1, 0.15) is 5.60 Å². The summed E-state index contributed by atoms with van der Waals surface area (Å²) < 4.78 is 5.02. The largest absolute Gasteiger partial charge is 0.478 e. The second-order valence-electron chi connectivity index (χ2n) is 5.44. The molecular weight excluding hydrogens is 300 g/mol. The number of carboxylic acid groups (broad SMARTS) is 2. The SMILES string of the molecule is O=C(O)c1ccccc1-c1cc(C2(O)COC2)ccc1C(=O)O. The van der Waals surface area contributed by atoms with Crippen LogP contribution in [0.1, 0.15) is 26.3 Å². The second kappa shape index (κ2) is 5.49. The minimum Gasteiger partial charge on any atom is -0.478 e. The van der Waals surface area contributed by atoms with Gasteiger partial charge in [-0.15, -0.1) is 0 Å². The molecule has 0 atom stereocenters. The van der Waals surface area contributed by atoms with Crippen LogP contribution >= 0.6 is 0 Å². The van der Waals surface area contributed by atoms with Gasteiger partial charge in [-0.1, -0.05) is 24.3 Å². The summed E-state index contributed by atoms with van der Waals surface area (Å²) in [4.78, 5) is 22.9. The van der Waals surface area contributed by atoms with E-state index in [-0.39, 0.29) is 29.9 Å². The van der Waals surface area contributed by atoms with Crippen molar-refractivity contribution in [2.75, 3.05) is 13.2 Å². The predicted molar refractivity (Wildman–Crippen MR) is 80.5 cm³/mol. The summed E-state index contributed by atoms with van der Waals surface area (Å²) >= 11 is 0. The molecule has 0 spiro atoms. The highest BCUT2D eigenvalue weighted by Gasteiger charge is 2.38. The molecule has 3 N–H and O–H groups in total. The van der Waals surface area contributed by atoms with Gasteiger partial charge in [0.15, 0.2) is 0 Å². The Hall–Kier alpha value is -2.70. The van der Waals surface area contributed by atoms with Crippen LogP contribution in [0.2, 0.25) is 0 Å². The lowest BCUT2D eigenvalue weighted by atomic mass is 9.86. The first kappa shape index (κ1) is 15.2. The van der Waals surface area contributed by atoms with Crippen LogP contribution in [0.25, 0.3) is 11.1 Å². The molecule has 1 aliphatic rings. The zero-order valence-electron chi connectivity index (χ0n) is 12.0. The van der Waals surface area contributed by atoms with Crippen LogP contribution < -0.4 is 0 Å². The minimum absolute atomic E-state index is 0.00370. The molecule has 1 fully saturated rings. The summed E-state index contributed by atoms with van der Waals surface area (Å²) in [7, 11) is 0. The van der Waals surface area contributed by atoms with Crippen LogP contribution in [-0.2, 0) is 10.3 Å². The third kappa shape index (κ3) is 2.58. The third-order valence-electron chi connectivity index (χ3n) is 3.92. The summed E-state index contributed by atoms with van der Waals surface area (Å²) in [6.45, 7) is 0.249. The van der Waals surface area contributed by atoms with E-state index < -0.39 is 17.5 Å². The first-order valence-corrected chi connectivity index (χ1v) is 6.93. The Morgan fingerprint density at radius 1 is 0.913 bits per heavy atom. The Kier molecular flexibility index (Phi) is 3.63. The number of hydrogen-bond donors (Lipinski definition) is 3. The number of ether oxygens (including phenoxy) is 1. The summed E-state index contributed by atoms with van der Waals surface area (Å²) in [6, 6.07) is 10.6. The van der Waals surface area contributed by atoms with Crippen molar-refractivity contribution in [2.24, 2.45) is 0 Å². The van der Waals surface area contributed by atoms with Crippen molar-refractivity contribution in [3.8, 4) is 11.1 Å². The van der Waals surface area contributed by atoms with Gasteiger partial charge in [-0.05, 0) is 34.9 Å². The number of carbonyl (C=O) groups is 2. The maximum Gasteiger partial charge on any atom is 0.336 e. The first-order chi connectivity index (χ1) is 10.9. The summed E-state index contributed by atoms with van der Waals surface area (Å²) in [6.07, 6.45) is 0. The van der Waals surface area contributed by atoms with Gasteiger partial charge >= 0.3 is 11.9 Å². The quantitative estimate of drug-likeness (QED) is 0.797. The number of aliphatic hydroxyl groups is 1. The van der Waals surface area contributed by atoms with Crippen LogP contribution in [0.4, 0.5) is 0 Å². The van der Waals surface area contributed by atoms with Gasteiger partial charge < -0.3 is 20.1 Å². The van der Waals surface area contributed by atoms with E-state index in [1.54, 1.807) is 18.2 Å². The van der Waals surface area contributed by atoms with Crippen molar-refractivity contribution in [3.63, 3.8) is 0 Å². The molecule has 0 saturated carbocycles. The van der Waals surface area contributed by atoms with Crippen molar-refractivity contribution in [3.05, 3.63) is 59.2 Å². The molecule has 0 bridgehead atoms. The van der Waals surface area contributed by atoms with Gasteiger partial charge in [-0.2, -0.15) is 0 Å². The molecule has 6 heteroatoms. The van der Waals surface area contributed by atoms with Gasteiger partial charge in [-0.25, -0.2) is 9.59 Å². The monoisotopic (exact) mass is 314 g/mol. The number of aromatic carboxylic acids is 2. The topological polar surface area (TPSA) is 104 Å². The highest BCUT2D eigenvalue weighted by molar-refractivity contribution is 6.02. The van der Waals surface area contributed by atoms with Crippen LogP contribution in [0, 0.1) is 0 Å². The van der Waals surface area contributed by atoms with Crippen molar-refractivity contribution in [1.29, 1.82) is 0 Å². The molecule has 118 valence electrons. The zero-order valence-corrected chi connectivity index (χ0v) is 12.0. The minimum atomic E-state index is -1.16. The first-order valence-electron chi connectivity index (χ1n) is 6.93. The summed E-state index contributed by atoms with van der Waals surface area (Å²) in [5.74, 6) is -2.31. The van der Waals surface area contributed by atoms with Gasteiger partial charge in [0.05, 0.1) is 24.3 Å². The summed E-state index contributed by atoms with van der Waals surface area (Å²) in [5, 5.41) is 29.1. The standard InChI is InChI=1S/C17H14O6/c18-15(19)12-4-2-1-3-11(12)14-7-10(17(22)8-23-9-17)5-6-13(14)16(20)21/h1-7,22H,8-9H2,(H,18,19)(H,20,21). The molecule has 2 aromatic rings. The molecule has 3 rings (SSSR count).